The molecule has 1 aliphatic rings. The number of hydrogen-bond donors (Lipinski definition) is 0. The normalized spacial score (nSPS) is 13.6. The number of ether oxygens (including phenoxy) is 3. The number of anilines is 1. The molecule has 1 aliphatic heterocycles. The van der Waals surface area contributed by atoms with Gasteiger partial charge in [0, 0.05) is 13.1 Å². The van der Waals surface area contributed by atoms with E-state index < -0.39 is 11.9 Å². The van der Waals surface area contributed by atoms with Crippen LogP contribution in [0.3, 0.4) is 0 Å². The van der Waals surface area contributed by atoms with Gasteiger partial charge < -0.3 is 19.1 Å². The number of esters is 2. The first-order chi connectivity index (χ1) is 14.6. The van der Waals surface area contributed by atoms with Crippen LogP contribution in [0.1, 0.15) is 53.8 Å². The van der Waals surface area contributed by atoms with E-state index in [4.69, 9.17) is 14.2 Å². The second-order valence-electron chi connectivity index (χ2n) is 7.14. The van der Waals surface area contributed by atoms with Crippen molar-refractivity contribution >= 4 is 17.6 Å². The smallest absolute Gasteiger partial charge is 0.341 e. The van der Waals surface area contributed by atoms with Crippen molar-refractivity contribution in [2.24, 2.45) is 0 Å². The number of carbonyl (C=O) groups excluding carboxylic acids is 2. The molecule has 0 unspecified atom stereocenters. The molecule has 2 aromatic rings. The third-order valence-corrected chi connectivity index (χ3v) is 5.21. The summed E-state index contributed by atoms with van der Waals surface area (Å²) in [5.41, 5.74) is 3.02. The molecule has 0 N–H and O–H groups in total. The van der Waals surface area contributed by atoms with Gasteiger partial charge in [-0.1, -0.05) is 12.1 Å². The first kappa shape index (κ1) is 21.7. The molecule has 30 heavy (non-hydrogen) atoms. The summed E-state index contributed by atoms with van der Waals surface area (Å²) in [6.07, 6.45) is 3.25. The molecule has 0 bridgehead atoms. The largest absolute Gasteiger partial charge is 0.497 e. The second-order valence-corrected chi connectivity index (χ2v) is 7.14. The Labute approximate surface area is 177 Å². The molecule has 0 aliphatic carbocycles. The van der Waals surface area contributed by atoms with Gasteiger partial charge in [-0.3, -0.25) is 0 Å². The van der Waals surface area contributed by atoms with Gasteiger partial charge in [-0.05, 0) is 68.5 Å². The van der Waals surface area contributed by atoms with Crippen LogP contribution in [0.15, 0.2) is 36.4 Å². The maximum atomic E-state index is 12.9. The van der Waals surface area contributed by atoms with Crippen molar-refractivity contribution in [1.82, 2.24) is 0 Å². The fraction of sp³-hybridized carbons (Fsp3) is 0.417. The molecule has 1 fully saturated rings. The molecule has 0 spiro atoms. The number of methoxy groups -OCH3 is 1. The van der Waals surface area contributed by atoms with Crippen molar-refractivity contribution in [2.75, 3.05) is 38.3 Å². The van der Waals surface area contributed by atoms with Crippen molar-refractivity contribution in [3.63, 3.8) is 0 Å². The Morgan fingerprint density at radius 2 is 1.50 bits per heavy atom. The molecule has 1 saturated heterocycles. The number of rotatable bonds is 7. The minimum absolute atomic E-state index is 0.229. The highest BCUT2D eigenvalue weighted by atomic mass is 16.5. The molecular weight excluding hydrogens is 382 g/mol. The summed E-state index contributed by atoms with van der Waals surface area (Å²) >= 11 is 0. The summed E-state index contributed by atoms with van der Waals surface area (Å²) in [6, 6.07) is 11.3. The van der Waals surface area contributed by atoms with Crippen LogP contribution >= 0.6 is 0 Å². The molecule has 0 aromatic heterocycles. The van der Waals surface area contributed by atoms with E-state index in [1.165, 1.54) is 0 Å². The molecular formula is C24H29NO5. The third kappa shape index (κ3) is 4.75. The summed E-state index contributed by atoms with van der Waals surface area (Å²) < 4.78 is 15.8. The number of carbonyl (C=O) groups is 2. The summed E-state index contributed by atoms with van der Waals surface area (Å²) in [4.78, 5) is 27.9. The highest BCUT2D eigenvalue weighted by Gasteiger charge is 2.28. The van der Waals surface area contributed by atoms with Gasteiger partial charge >= 0.3 is 11.9 Å². The number of hydrogen-bond acceptors (Lipinski definition) is 6. The van der Waals surface area contributed by atoms with E-state index in [0.29, 0.717) is 0 Å². The Morgan fingerprint density at radius 3 is 2.10 bits per heavy atom. The SMILES string of the molecule is CCOC(=O)c1cc(-c2ccc(OC)cc2)cc(N2CCCCC2)c1C(=O)OCC. The van der Waals surface area contributed by atoms with Crippen LogP contribution in [0.4, 0.5) is 5.69 Å². The zero-order valence-electron chi connectivity index (χ0n) is 17.9. The van der Waals surface area contributed by atoms with Crippen molar-refractivity contribution < 1.29 is 23.8 Å². The maximum absolute atomic E-state index is 12.9. The first-order valence-electron chi connectivity index (χ1n) is 10.5. The molecule has 1 heterocycles. The molecule has 2 aromatic carbocycles. The lowest BCUT2D eigenvalue weighted by Crippen LogP contribution is -2.32. The summed E-state index contributed by atoms with van der Waals surface area (Å²) in [7, 11) is 1.62. The summed E-state index contributed by atoms with van der Waals surface area (Å²) in [5.74, 6) is -0.264. The van der Waals surface area contributed by atoms with Crippen LogP contribution in [-0.4, -0.2) is 45.4 Å². The molecule has 0 amide bonds. The first-order valence-corrected chi connectivity index (χ1v) is 10.5. The topological polar surface area (TPSA) is 65.1 Å². The number of nitrogens with zero attached hydrogens (tertiary/aromatic N) is 1. The van der Waals surface area contributed by atoms with Crippen LogP contribution < -0.4 is 9.64 Å². The zero-order chi connectivity index (χ0) is 21.5. The fourth-order valence-corrected chi connectivity index (χ4v) is 3.75. The predicted octanol–water partition coefficient (Wildman–Crippen LogP) is 4.71. The van der Waals surface area contributed by atoms with Gasteiger partial charge in [0.1, 0.15) is 5.75 Å². The van der Waals surface area contributed by atoms with Crippen molar-refractivity contribution in [3.05, 3.63) is 47.5 Å². The van der Waals surface area contributed by atoms with Gasteiger partial charge in [-0.25, -0.2) is 9.59 Å². The lowest BCUT2D eigenvalue weighted by molar-refractivity contribution is 0.0479. The minimum Gasteiger partial charge on any atom is -0.497 e. The zero-order valence-corrected chi connectivity index (χ0v) is 17.9. The molecule has 0 saturated carbocycles. The van der Waals surface area contributed by atoms with E-state index in [9.17, 15) is 9.59 Å². The van der Waals surface area contributed by atoms with Gasteiger partial charge in [-0.2, -0.15) is 0 Å². The van der Waals surface area contributed by atoms with Crippen molar-refractivity contribution in [3.8, 4) is 16.9 Å². The predicted molar refractivity (Wildman–Crippen MR) is 116 cm³/mol. The van der Waals surface area contributed by atoms with E-state index in [0.717, 1.165) is 54.9 Å². The van der Waals surface area contributed by atoms with Gasteiger partial charge in [-0.15, -0.1) is 0 Å². The highest BCUT2D eigenvalue weighted by molar-refractivity contribution is 6.08. The van der Waals surface area contributed by atoms with Crippen LogP contribution in [-0.2, 0) is 9.47 Å². The van der Waals surface area contributed by atoms with Gasteiger partial charge in [0.05, 0.1) is 37.1 Å². The molecule has 6 heteroatoms. The van der Waals surface area contributed by atoms with Gasteiger partial charge in [0.15, 0.2) is 0 Å². The Morgan fingerprint density at radius 1 is 0.867 bits per heavy atom. The fourth-order valence-electron chi connectivity index (χ4n) is 3.75. The number of piperidine rings is 1. The Hall–Kier alpha value is -3.02. The summed E-state index contributed by atoms with van der Waals surface area (Å²) in [5, 5.41) is 0. The summed E-state index contributed by atoms with van der Waals surface area (Å²) in [6.45, 7) is 5.64. The van der Waals surface area contributed by atoms with Gasteiger partial charge in [0.2, 0.25) is 0 Å². The second kappa shape index (κ2) is 10.1. The van der Waals surface area contributed by atoms with Crippen LogP contribution in [0.25, 0.3) is 11.1 Å². The quantitative estimate of drug-likeness (QED) is 0.615. The van der Waals surface area contributed by atoms with E-state index >= 15 is 0 Å². The van der Waals surface area contributed by atoms with Crippen molar-refractivity contribution in [2.45, 2.75) is 33.1 Å². The molecule has 0 radical (unpaired) electrons. The Bertz CT molecular complexity index is 885. The average molecular weight is 411 g/mol. The van der Waals surface area contributed by atoms with Crippen LogP contribution in [0, 0.1) is 0 Å². The standard InChI is InChI=1S/C24H29NO5/c1-4-29-23(26)20-15-18(17-9-11-19(28-3)12-10-17)16-21(22(20)24(27)30-5-2)25-13-7-6-8-14-25/h9-12,15-16H,4-8,13-14H2,1-3H3. The van der Waals surface area contributed by atoms with E-state index in [1.807, 2.05) is 30.3 Å². The molecule has 3 rings (SSSR count). The lowest BCUT2D eigenvalue weighted by atomic mass is 9.95. The molecule has 0 atom stereocenters. The maximum Gasteiger partial charge on any atom is 0.341 e. The Kier molecular flexibility index (Phi) is 7.33. The van der Waals surface area contributed by atoms with E-state index in [-0.39, 0.29) is 24.3 Å². The Balaban J connectivity index is 2.19. The average Bonchev–Trinajstić information content (AvgIpc) is 2.79. The monoisotopic (exact) mass is 411 g/mol. The van der Waals surface area contributed by atoms with Crippen molar-refractivity contribution in [1.29, 1.82) is 0 Å². The van der Waals surface area contributed by atoms with E-state index in [2.05, 4.69) is 4.90 Å². The highest BCUT2D eigenvalue weighted by Crippen LogP contribution is 2.34. The van der Waals surface area contributed by atoms with Crippen LogP contribution in [0.5, 0.6) is 5.75 Å². The lowest BCUT2D eigenvalue weighted by Gasteiger charge is -2.31. The third-order valence-electron chi connectivity index (χ3n) is 5.21. The van der Waals surface area contributed by atoms with E-state index in [1.54, 1.807) is 27.0 Å². The molecule has 6 nitrogen and oxygen atoms in total. The van der Waals surface area contributed by atoms with Gasteiger partial charge in [0.25, 0.3) is 0 Å². The minimum atomic E-state index is -0.519. The number of benzene rings is 2. The molecule has 160 valence electrons. The van der Waals surface area contributed by atoms with Crippen LogP contribution in [0.2, 0.25) is 0 Å².